The molecule has 122 valence electrons. The highest BCUT2D eigenvalue weighted by molar-refractivity contribution is 5.72. The molecule has 0 radical (unpaired) electrons. The highest BCUT2D eigenvalue weighted by Crippen LogP contribution is 2.20. The monoisotopic (exact) mass is 314 g/mol. The average molecular weight is 314 g/mol. The lowest BCUT2D eigenvalue weighted by Crippen LogP contribution is -2.30. The van der Waals surface area contributed by atoms with Crippen LogP contribution in [0.2, 0.25) is 0 Å². The molecule has 2 aromatic heterocycles. The molecule has 2 heterocycles. The Kier molecular flexibility index (Phi) is 5.62. The predicted molar refractivity (Wildman–Crippen MR) is 89.1 cm³/mol. The lowest BCUT2D eigenvalue weighted by atomic mass is 10.1. The Morgan fingerprint density at radius 3 is 2.61 bits per heavy atom. The summed E-state index contributed by atoms with van der Waals surface area (Å²) in [5, 5.41) is 0. The quantitative estimate of drug-likeness (QED) is 0.762. The molecule has 0 unspecified atom stereocenters. The zero-order chi connectivity index (χ0) is 16.8. The number of anilines is 1. The Balaban J connectivity index is 2.29. The van der Waals surface area contributed by atoms with Crippen molar-refractivity contribution in [2.24, 2.45) is 5.92 Å². The van der Waals surface area contributed by atoms with Gasteiger partial charge in [0.25, 0.3) is 0 Å². The van der Waals surface area contributed by atoms with E-state index in [9.17, 15) is 4.79 Å². The van der Waals surface area contributed by atoms with Gasteiger partial charge in [-0.1, -0.05) is 13.8 Å². The fourth-order valence-electron chi connectivity index (χ4n) is 2.27. The third-order valence-electron chi connectivity index (χ3n) is 3.61. The summed E-state index contributed by atoms with van der Waals surface area (Å²) < 4.78 is 4.78. The van der Waals surface area contributed by atoms with E-state index in [0.717, 1.165) is 23.5 Å². The SMILES string of the molecule is CCc1cc(N(C)C[C@@H](C)C(=O)OC)nc(-c2ccncc2)n1. The van der Waals surface area contributed by atoms with E-state index in [1.807, 2.05) is 37.1 Å². The van der Waals surface area contributed by atoms with E-state index < -0.39 is 0 Å². The second-order valence-corrected chi connectivity index (χ2v) is 5.44. The molecule has 0 aliphatic rings. The van der Waals surface area contributed by atoms with E-state index in [4.69, 9.17) is 4.74 Å². The molecule has 23 heavy (non-hydrogen) atoms. The highest BCUT2D eigenvalue weighted by Gasteiger charge is 2.17. The number of rotatable bonds is 6. The fourth-order valence-corrected chi connectivity index (χ4v) is 2.27. The van der Waals surface area contributed by atoms with Crippen LogP contribution in [0.25, 0.3) is 11.4 Å². The first-order chi connectivity index (χ1) is 11.0. The van der Waals surface area contributed by atoms with E-state index in [2.05, 4.69) is 21.9 Å². The Bertz CT molecular complexity index is 661. The first-order valence-electron chi connectivity index (χ1n) is 7.62. The van der Waals surface area contributed by atoms with Gasteiger partial charge < -0.3 is 9.64 Å². The van der Waals surface area contributed by atoms with Gasteiger partial charge in [-0.15, -0.1) is 0 Å². The van der Waals surface area contributed by atoms with E-state index in [-0.39, 0.29) is 11.9 Å². The maximum Gasteiger partial charge on any atom is 0.310 e. The molecule has 2 aromatic rings. The predicted octanol–water partition coefficient (Wildman–Crippen LogP) is 2.35. The largest absolute Gasteiger partial charge is 0.469 e. The molecule has 0 aromatic carbocycles. The van der Waals surface area contributed by atoms with Crippen molar-refractivity contribution in [2.75, 3.05) is 25.6 Å². The van der Waals surface area contributed by atoms with Gasteiger partial charge in [0.05, 0.1) is 13.0 Å². The Labute approximate surface area is 136 Å². The van der Waals surface area contributed by atoms with E-state index in [0.29, 0.717) is 12.4 Å². The number of hydrogen-bond donors (Lipinski definition) is 0. The number of hydrogen-bond acceptors (Lipinski definition) is 6. The Morgan fingerprint density at radius 2 is 2.00 bits per heavy atom. The van der Waals surface area contributed by atoms with Crippen molar-refractivity contribution in [3.8, 4) is 11.4 Å². The van der Waals surface area contributed by atoms with Gasteiger partial charge in [0.2, 0.25) is 0 Å². The number of methoxy groups -OCH3 is 1. The van der Waals surface area contributed by atoms with Gasteiger partial charge >= 0.3 is 5.97 Å². The molecular weight excluding hydrogens is 292 g/mol. The van der Waals surface area contributed by atoms with Crippen LogP contribution in [0.5, 0.6) is 0 Å². The zero-order valence-electron chi connectivity index (χ0n) is 14.0. The summed E-state index contributed by atoms with van der Waals surface area (Å²) in [7, 11) is 3.32. The van der Waals surface area contributed by atoms with Crippen molar-refractivity contribution in [1.29, 1.82) is 0 Å². The van der Waals surface area contributed by atoms with Crippen molar-refractivity contribution in [2.45, 2.75) is 20.3 Å². The molecule has 2 rings (SSSR count). The van der Waals surface area contributed by atoms with Crippen LogP contribution in [0.15, 0.2) is 30.6 Å². The Morgan fingerprint density at radius 1 is 1.30 bits per heavy atom. The second kappa shape index (κ2) is 7.67. The zero-order valence-corrected chi connectivity index (χ0v) is 14.0. The minimum Gasteiger partial charge on any atom is -0.469 e. The second-order valence-electron chi connectivity index (χ2n) is 5.44. The summed E-state index contributed by atoms with van der Waals surface area (Å²) >= 11 is 0. The Hall–Kier alpha value is -2.50. The summed E-state index contributed by atoms with van der Waals surface area (Å²) in [5.74, 6) is 1.00. The van der Waals surface area contributed by atoms with Crippen molar-refractivity contribution >= 4 is 11.8 Å². The van der Waals surface area contributed by atoms with Gasteiger partial charge in [0, 0.05) is 43.3 Å². The van der Waals surface area contributed by atoms with Gasteiger partial charge in [0.15, 0.2) is 5.82 Å². The van der Waals surface area contributed by atoms with Crippen LogP contribution in [0.3, 0.4) is 0 Å². The number of carbonyl (C=O) groups excluding carboxylic acids is 1. The molecule has 0 saturated carbocycles. The molecule has 6 heteroatoms. The number of nitrogens with zero attached hydrogens (tertiary/aromatic N) is 4. The first kappa shape index (κ1) is 16.9. The molecule has 0 spiro atoms. The van der Waals surface area contributed by atoms with Gasteiger partial charge in [-0.25, -0.2) is 9.97 Å². The van der Waals surface area contributed by atoms with Crippen LogP contribution in [-0.2, 0) is 16.0 Å². The van der Waals surface area contributed by atoms with Gasteiger partial charge in [-0.05, 0) is 18.6 Å². The lowest BCUT2D eigenvalue weighted by Gasteiger charge is -2.22. The van der Waals surface area contributed by atoms with Crippen molar-refractivity contribution in [3.05, 3.63) is 36.3 Å². The van der Waals surface area contributed by atoms with Crippen molar-refractivity contribution in [1.82, 2.24) is 15.0 Å². The number of esters is 1. The van der Waals surface area contributed by atoms with Gasteiger partial charge in [-0.2, -0.15) is 0 Å². The highest BCUT2D eigenvalue weighted by atomic mass is 16.5. The maximum atomic E-state index is 11.6. The molecular formula is C17H22N4O2. The van der Waals surface area contributed by atoms with E-state index >= 15 is 0 Å². The van der Waals surface area contributed by atoms with E-state index in [1.165, 1.54) is 7.11 Å². The number of carbonyl (C=O) groups is 1. The van der Waals surface area contributed by atoms with Crippen LogP contribution in [-0.4, -0.2) is 41.6 Å². The van der Waals surface area contributed by atoms with Crippen LogP contribution in [0.1, 0.15) is 19.5 Å². The van der Waals surface area contributed by atoms with Gasteiger partial charge in [0.1, 0.15) is 5.82 Å². The topological polar surface area (TPSA) is 68.2 Å². The molecule has 0 fully saturated rings. The summed E-state index contributed by atoms with van der Waals surface area (Å²) in [4.78, 5) is 26.8. The summed E-state index contributed by atoms with van der Waals surface area (Å²) in [6.45, 7) is 4.43. The summed E-state index contributed by atoms with van der Waals surface area (Å²) in [6.07, 6.45) is 4.26. The number of ether oxygens (including phenoxy) is 1. The first-order valence-corrected chi connectivity index (χ1v) is 7.62. The average Bonchev–Trinajstić information content (AvgIpc) is 2.61. The van der Waals surface area contributed by atoms with Crippen LogP contribution < -0.4 is 4.90 Å². The minimum atomic E-state index is -0.227. The molecule has 0 amide bonds. The minimum absolute atomic E-state index is 0.226. The molecule has 1 atom stereocenters. The smallest absolute Gasteiger partial charge is 0.310 e. The molecule has 6 nitrogen and oxygen atoms in total. The fraction of sp³-hybridized carbons (Fsp3) is 0.412. The molecule has 0 N–H and O–H groups in total. The van der Waals surface area contributed by atoms with Crippen LogP contribution in [0, 0.1) is 5.92 Å². The standard InChI is InChI=1S/C17H22N4O2/c1-5-14-10-15(21(3)11-12(2)17(22)23-4)20-16(19-14)13-6-8-18-9-7-13/h6-10,12H,5,11H2,1-4H3/t12-/m1/s1. The molecule has 0 bridgehead atoms. The number of aryl methyl sites for hydroxylation is 1. The third kappa shape index (κ3) is 4.25. The molecule has 0 aliphatic heterocycles. The third-order valence-corrected chi connectivity index (χ3v) is 3.61. The van der Waals surface area contributed by atoms with Crippen LogP contribution in [0.4, 0.5) is 5.82 Å². The lowest BCUT2D eigenvalue weighted by molar-refractivity contribution is -0.144. The van der Waals surface area contributed by atoms with Gasteiger partial charge in [-0.3, -0.25) is 9.78 Å². The summed E-state index contributed by atoms with van der Waals surface area (Å²) in [5.41, 5.74) is 1.88. The normalized spacial score (nSPS) is 11.8. The summed E-state index contributed by atoms with van der Waals surface area (Å²) in [6, 6.07) is 5.72. The number of pyridine rings is 1. The van der Waals surface area contributed by atoms with Crippen LogP contribution >= 0.6 is 0 Å². The van der Waals surface area contributed by atoms with Crippen molar-refractivity contribution < 1.29 is 9.53 Å². The van der Waals surface area contributed by atoms with E-state index in [1.54, 1.807) is 12.4 Å². The number of aromatic nitrogens is 3. The molecule has 0 saturated heterocycles. The molecule has 0 aliphatic carbocycles. The van der Waals surface area contributed by atoms with Crippen molar-refractivity contribution in [3.63, 3.8) is 0 Å². The maximum absolute atomic E-state index is 11.6.